The number of hydrogen-bond acceptors (Lipinski definition) is 3. The van der Waals surface area contributed by atoms with Crippen LogP contribution in [-0.2, 0) is 4.79 Å². The highest BCUT2D eigenvalue weighted by atomic mass is 16.4. The lowest BCUT2D eigenvalue weighted by atomic mass is 9.87. The first-order chi connectivity index (χ1) is 7.90. The Hall–Kier alpha value is -1.05. The van der Waals surface area contributed by atoms with Gasteiger partial charge in [-0.1, -0.05) is 24.7 Å². The molecule has 0 aromatic carbocycles. The third kappa shape index (κ3) is 7.78. The molecular formula is C13H22O4. The van der Waals surface area contributed by atoms with Crippen molar-refractivity contribution in [2.24, 2.45) is 5.41 Å². The lowest BCUT2D eigenvalue weighted by molar-refractivity contribution is -0.147. The van der Waals surface area contributed by atoms with Gasteiger partial charge in [0.25, 0.3) is 0 Å². The molecule has 0 aliphatic rings. The summed E-state index contributed by atoms with van der Waals surface area (Å²) >= 11 is 0. The Morgan fingerprint density at radius 2 is 1.94 bits per heavy atom. The quantitative estimate of drug-likeness (QED) is 0.466. The summed E-state index contributed by atoms with van der Waals surface area (Å²) in [5.41, 5.74) is -0.693. The number of hydrogen-bond donors (Lipinski definition) is 3. The largest absolute Gasteiger partial charge is 0.481 e. The fourth-order valence-electron chi connectivity index (χ4n) is 1.40. The van der Waals surface area contributed by atoms with Crippen molar-refractivity contribution in [3.8, 4) is 11.8 Å². The highest BCUT2D eigenvalue weighted by molar-refractivity contribution is 5.73. The van der Waals surface area contributed by atoms with Crippen LogP contribution < -0.4 is 0 Å². The molecule has 1 atom stereocenters. The molecule has 0 heterocycles. The smallest absolute Gasteiger partial charge is 0.309 e. The number of unbranched alkanes of at least 4 members (excludes halogenated alkanes) is 1. The van der Waals surface area contributed by atoms with E-state index in [1.54, 1.807) is 13.8 Å². The van der Waals surface area contributed by atoms with Crippen LogP contribution in [0.2, 0.25) is 0 Å². The topological polar surface area (TPSA) is 77.8 Å². The normalized spacial score (nSPS) is 12.7. The summed E-state index contributed by atoms with van der Waals surface area (Å²) in [5, 5.41) is 26.8. The summed E-state index contributed by atoms with van der Waals surface area (Å²) < 4.78 is 0. The molecule has 0 aliphatic carbocycles. The molecule has 0 bridgehead atoms. The number of carboxylic acids is 1. The molecule has 0 aromatic heterocycles. The molecule has 0 saturated heterocycles. The van der Waals surface area contributed by atoms with E-state index in [9.17, 15) is 9.90 Å². The van der Waals surface area contributed by atoms with E-state index < -0.39 is 17.5 Å². The summed E-state index contributed by atoms with van der Waals surface area (Å²) in [6, 6.07) is 0. The molecule has 4 heteroatoms. The summed E-state index contributed by atoms with van der Waals surface area (Å²) in [4.78, 5) is 10.8. The van der Waals surface area contributed by atoms with E-state index in [4.69, 9.17) is 10.2 Å². The maximum absolute atomic E-state index is 10.8. The standard InChI is InChI=1S/C13H22O4/c1-13(2,12(16)17)9-5-3-7-11(15)8-4-6-10-14/h11,14-15H,3,5,7-10H2,1-2H3,(H,16,17)/t11-/m0/s1. The Morgan fingerprint density at radius 3 is 2.47 bits per heavy atom. The molecule has 17 heavy (non-hydrogen) atoms. The maximum atomic E-state index is 10.8. The number of aliphatic hydroxyl groups excluding tert-OH is 2. The van der Waals surface area contributed by atoms with E-state index in [1.165, 1.54) is 0 Å². The van der Waals surface area contributed by atoms with Crippen LogP contribution in [0.1, 0.15) is 46.0 Å². The van der Waals surface area contributed by atoms with E-state index in [1.807, 2.05) is 0 Å². The van der Waals surface area contributed by atoms with Crippen LogP contribution in [0.15, 0.2) is 0 Å². The van der Waals surface area contributed by atoms with Gasteiger partial charge < -0.3 is 15.3 Å². The molecule has 98 valence electrons. The molecule has 0 spiro atoms. The van der Waals surface area contributed by atoms with Crippen LogP contribution in [0, 0.1) is 17.3 Å². The van der Waals surface area contributed by atoms with Crippen LogP contribution in [0.5, 0.6) is 0 Å². The average molecular weight is 242 g/mol. The fourth-order valence-corrected chi connectivity index (χ4v) is 1.40. The van der Waals surface area contributed by atoms with E-state index in [-0.39, 0.29) is 6.61 Å². The van der Waals surface area contributed by atoms with Gasteiger partial charge in [0.15, 0.2) is 0 Å². The van der Waals surface area contributed by atoms with Gasteiger partial charge in [-0.3, -0.25) is 4.79 Å². The summed E-state index contributed by atoms with van der Waals surface area (Å²) in [5.74, 6) is 4.36. The van der Waals surface area contributed by atoms with Crippen LogP contribution in [0.3, 0.4) is 0 Å². The van der Waals surface area contributed by atoms with Crippen molar-refractivity contribution in [3.05, 3.63) is 0 Å². The first-order valence-corrected chi connectivity index (χ1v) is 5.88. The van der Waals surface area contributed by atoms with E-state index in [2.05, 4.69) is 11.8 Å². The van der Waals surface area contributed by atoms with E-state index >= 15 is 0 Å². The van der Waals surface area contributed by atoms with Crippen LogP contribution in [-0.4, -0.2) is 34.0 Å². The van der Waals surface area contributed by atoms with Gasteiger partial charge in [0.1, 0.15) is 6.61 Å². The third-order valence-electron chi connectivity index (χ3n) is 2.71. The van der Waals surface area contributed by atoms with Crippen molar-refractivity contribution in [2.75, 3.05) is 6.61 Å². The van der Waals surface area contributed by atoms with Crippen LogP contribution in [0.25, 0.3) is 0 Å². The molecule has 0 rings (SSSR count). The van der Waals surface area contributed by atoms with Gasteiger partial charge in [-0.2, -0.15) is 0 Å². The Labute approximate surface area is 103 Å². The van der Waals surface area contributed by atoms with Crippen LogP contribution in [0.4, 0.5) is 0 Å². The monoisotopic (exact) mass is 242 g/mol. The van der Waals surface area contributed by atoms with Gasteiger partial charge in [0, 0.05) is 6.42 Å². The molecule has 3 N–H and O–H groups in total. The van der Waals surface area contributed by atoms with Gasteiger partial charge in [-0.15, -0.1) is 0 Å². The van der Waals surface area contributed by atoms with Crippen LogP contribution >= 0.6 is 0 Å². The molecule has 0 unspecified atom stereocenters. The fraction of sp³-hybridized carbons (Fsp3) is 0.769. The third-order valence-corrected chi connectivity index (χ3v) is 2.71. The molecule has 0 saturated carbocycles. The minimum Gasteiger partial charge on any atom is -0.481 e. The van der Waals surface area contributed by atoms with Crippen molar-refractivity contribution in [1.29, 1.82) is 0 Å². The van der Waals surface area contributed by atoms with Gasteiger partial charge in [-0.05, 0) is 26.7 Å². The predicted octanol–water partition coefficient (Wildman–Crippen LogP) is 1.40. The number of aliphatic hydroxyl groups is 2. The van der Waals surface area contributed by atoms with E-state index in [0.717, 1.165) is 12.8 Å². The SMILES string of the molecule is CC(C)(CCCC[C@H](O)CC#CCO)C(=O)O. The molecule has 0 fully saturated rings. The van der Waals surface area contributed by atoms with Gasteiger partial charge >= 0.3 is 5.97 Å². The minimum atomic E-state index is -0.785. The first kappa shape index (κ1) is 16.0. The summed E-state index contributed by atoms with van der Waals surface area (Å²) in [6.07, 6.45) is 2.68. The molecule has 0 aromatic rings. The first-order valence-electron chi connectivity index (χ1n) is 5.88. The Bertz CT molecular complexity index is 286. The van der Waals surface area contributed by atoms with Gasteiger partial charge in [0.05, 0.1) is 11.5 Å². The predicted molar refractivity (Wildman–Crippen MR) is 65.4 cm³/mol. The molecule has 0 aliphatic heterocycles. The molecular weight excluding hydrogens is 220 g/mol. The lowest BCUT2D eigenvalue weighted by Crippen LogP contribution is -2.23. The zero-order valence-electron chi connectivity index (χ0n) is 10.6. The number of carbonyl (C=O) groups is 1. The van der Waals surface area contributed by atoms with Crippen molar-refractivity contribution in [1.82, 2.24) is 0 Å². The molecule has 0 amide bonds. The van der Waals surface area contributed by atoms with Gasteiger partial charge in [0.2, 0.25) is 0 Å². The Balaban J connectivity index is 3.67. The zero-order valence-corrected chi connectivity index (χ0v) is 10.6. The van der Waals surface area contributed by atoms with Crippen molar-refractivity contribution < 1.29 is 20.1 Å². The van der Waals surface area contributed by atoms with Crippen molar-refractivity contribution in [2.45, 2.75) is 52.1 Å². The molecule has 0 radical (unpaired) electrons. The van der Waals surface area contributed by atoms with Gasteiger partial charge in [-0.25, -0.2) is 0 Å². The molecule has 4 nitrogen and oxygen atoms in total. The van der Waals surface area contributed by atoms with Crippen molar-refractivity contribution >= 4 is 5.97 Å². The zero-order chi connectivity index (χ0) is 13.3. The Morgan fingerprint density at radius 1 is 1.29 bits per heavy atom. The second-order valence-corrected chi connectivity index (χ2v) is 4.80. The summed E-state index contributed by atoms with van der Waals surface area (Å²) in [7, 11) is 0. The minimum absolute atomic E-state index is 0.181. The average Bonchev–Trinajstić information content (AvgIpc) is 2.24. The summed E-state index contributed by atoms with van der Waals surface area (Å²) in [6.45, 7) is 3.23. The number of carboxylic acid groups (broad SMARTS) is 1. The number of rotatable bonds is 7. The lowest BCUT2D eigenvalue weighted by Gasteiger charge is -2.18. The maximum Gasteiger partial charge on any atom is 0.309 e. The highest BCUT2D eigenvalue weighted by Crippen LogP contribution is 2.24. The number of aliphatic carboxylic acids is 1. The Kier molecular flexibility index (Phi) is 7.60. The highest BCUT2D eigenvalue weighted by Gasteiger charge is 2.26. The van der Waals surface area contributed by atoms with E-state index in [0.29, 0.717) is 19.3 Å². The second kappa shape index (κ2) is 8.10. The van der Waals surface area contributed by atoms with Crippen molar-refractivity contribution in [3.63, 3.8) is 0 Å². The second-order valence-electron chi connectivity index (χ2n) is 4.80.